The number of hydrogen-bond donors (Lipinski definition) is 0. The largest absolute Gasteiger partial charge is 0.624 e. The molecule has 0 fully saturated rings. The van der Waals surface area contributed by atoms with Crippen LogP contribution in [0.4, 0.5) is 0 Å². The minimum Gasteiger partial charge on any atom is -0.520 e. The van der Waals surface area contributed by atoms with Crippen molar-refractivity contribution in [3.8, 4) is 11.5 Å². The third-order valence-electron chi connectivity index (χ3n) is 3.85. The molecule has 0 bridgehead atoms. The molecule has 114 valence electrons. The number of unbranched alkanes of at least 4 members (excludes halogenated alkanes) is 8. The quantitative estimate of drug-likeness (QED) is 0.413. The fourth-order valence-corrected chi connectivity index (χ4v) is 2.60. The van der Waals surface area contributed by atoms with E-state index in [2.05, 4.69) is 13.0 Å². The van der Waals surface area contributed by atoms with Gasteiger partial charge >= 0.3 is 7.12 Å². The highest BCUT2D eigenvalue weighted by atomic mass is 16.6. The van der Waals surface area contributed by atoms with Crippen molar-refractivity contribution in [1.82, 2.24) is 0 Å². The second kappa shape index (κ2) is 9.54. The van der Waals surface area contributed by atoms with E-state index in [0.29, 0.717) is 0 Å². The highest BCUT2D eigenvalue weighted by Gasteiger charge is 2.28. The first-order valence-corrected chi connectivity index (χ1v) is 8.49. The zero-order valence-corrected chi connectivity index (χ0v) is 13.2. The molecule has 2 nitrogen and oxygen atoms in total. The second-order valence-corrected chi connectivity index (χ2v) is 5.74. The van der Waals surface area contributed by atoms with Gasteiger partial charge in [0.15, 0.2) is 0 Å². The van der Waals surface area contributed by atoms with E-state index < -0.39 is 0 Å². The molecule has 21 heavy (non-hydrogen) atoms. The molecule has 1 aliphatic heterocycles. The Hall–Kier alpha value is -1.38. The molecule has 0 aliphatic carbocycles. The molecular weight excluding hydrogens is 259 g/mol. The summed E-state index contributed by atoms with van der Waals surface area (Å²) in [7, 11) is -0.239. The Balaban J connectivity index is 1.48. The van der Waals surface area contributed by atoms with Crippen molar-refractivity contribution in [3.63, 3.8) is 0 Å². The molecule has 0 radical (unpaired) electrons. The number of allylic oxidation sites excluding steroid dienone is 1. The minimum absolute atomic E-state index is 0.239. The van der Waals surface area contributed by atoms with Crippen LogP contribution in [0.25, 0.3) is 0 Å². The summed E-state index contributed by atoms with van der Waals surface area (Å²) in [6.45, 7) is 2.27. The second-order valence-electron chi connectivity index (χ2n) is 5.74. The van der Waals surface area contributed by atoms with E-state index in [0.717, 1.165) is 17.9 Å². The third-order valence-corrected chi connectivity index (χ3v) is 3.85. The number of rotatable bonds is 10. The highest BCUT2D eigenvalue weighted by molar-refractivity contribution is 6.53. The minimum atomic E-state index is -0.239. The van der Waals surface area contributed by atoms with Gasteiger partial charge in [-0.1, -0.05) is 70.1 Å². The lowest BCUT2D eigenvalue weighted by atomic mass is 9.89. The lowest BCUT2D eigenvalue weighted by Crippen LogP contribution is -2.21. The molecule has 0 saturated heterocycles. The summed E-state index contributed by atoms with van der Waals surface area (Å²) in [5.41, 5.74) is 0. The van der Waals surface area contributed by atoms with Crippen LogP contribution in [0, 0.1) is 0 Å². The number of fused-ring (bicyclic) bond motifs is 1. The predicted octanol–water partition coefficient (Wildman–Crippen LogP) is 5.57. The van der Waals surface area contributed by atoms with Gasteiger partial charge < -0.3 is 9.31 Å². The average molecular weight is 286 g/mol. The topological polar surface area (TPSA) is 18.5 Å². The summed E-state index contributed by atoms with van der Waals surface area (Å²) >= 11 is 0. The first-order valence-electron chi connectivity index (χ1n) is 8.49. The van der Waals surface area contributed by atoms with Gasteiger partial charge in [-0.05, 0) is 30.9 Å². The fourth-order valence-electron chi connectivity index (χ4n) is 2.60. The Kier molecular flexibility index (Phi) is 7.27. The molecule has 1 aromatic rings. The van der Waals surface area contributed by atoms with Crippen molar-refractivity contribution in [3.05, 3.63) is 36.3 Å². The van der Waals surface area contributed by atoms with Crippen molar-refractivity contribution in [2.45, 2.75) is 64.7 Å². The van der Waals surface area contributed by atoms with E-state index in [9.17, 15) is 0 Å². The van der Waals surface area contributed by atoms with Gasteiger partial charge in [0, 0.05) is 0 Å². The SMILES string of the molecule is CCCCCCCCCC/C=C/B1Oc2ccccc2O1. The molecule has 0 unspecified atom stereocenters. The van der Waals surface area contributed by atoms with Gasteiger partial charge in [0.05, 0.1) is 0 Å². The first-order chi connectivity index (χ1) is 10.4. The lowest BCUT2D eigenvalue weighted by Gasteiger charge is -2.00. The summed E-state index contributed by atoms with van der Waals surface area (Å²) in [5, 5.41) is 0. The standard InChI is InChI=1S/C18H27BO2/c1-2-3-4-5-6-7-8-9-10-13-16-19-20-17-14-11-12-15-18(17)21-19/h11-16H,2-10H2,1H3/b16-13+. The van der Waals surface area contributed by atoms with E-state index in [1.54, 1.807) is 0 Å². The van der Waals surface area contributed by atoms with Gasteiger partial charge in [-0.3, -0.25) is 0 Å². The fraction of sp³-hybridized carbons (Fsp3) is 0.556. The molecule has 1 aliphatic rings. The van der Waals surface area contributed by atoms with Crippen LogP contribution in [0.3, 0.4) is 0 Å². The van der Waals surface area contributed by atoms with Crippen molar-refractivity contribution in [2.24, 2.45) is 0 Å². The van der Waals surface area contributed by atoms with E-state index >= 15 is 0 Å². The lowest BCUT2D eigenvalue weighted by molar-refractivity contribution is 0.516. The van der Waals surface area contributed by atoms with E-state index in [4.69, 9.17) is 9.31 Å². The predicted molar refractivity (Wildman–Crippen MR) is 89.8 cm³/mol. The third kappa shape index (κ3) is 5.87. The summed E-state index contributed by atoms with van der Waals surface area (Å²) in [6, 6.07) is 7.83. The maximum Gasteiger partial charge on any atom is 0.624 e. The van der Waals surface area contributed by atoms with Crippen LogP contribution in [0.15, 0.2) is 36.3 Å². The Morgan fingerprint density at radius 2 is 1.43 bits per heavy atom. The van der Waals surface area contributed by atoms with Crippen molar-refractivity contribution >= 4 is 7.12 Å². The smallest absolute Gasteiger partial charge is 0.520 e. The van der Waals surface area contributed by atoms with Gasteiger partial charge in [-0.15, -0.1) is 0 Å². The molecule has 1 aromatic carbocycles. The van der Waals surface area contributed by atoms with Crippen LogP contribution < -0.4 is 9.31 Å². The number of benzene rings is 1. The molecule has 0 amide bonds. The number of para-hydroxylation sites is 2. The van der Waals surface area contributed by atoms with Crippen molar-refractivity contribution < 1.29 is 9.31 Å². The van der Waals surface area contributed by atoms with Crippen LogP contribution in [0.1, 0.15) is 64.7 Å². The van der Waals surface area contributed by atoms with Crippen molar-refractivity contribution in [2.75, 3.05) is 0 Å². The van der Waals surface area contributed by atoms with Crippen LogP contribution in [-0.4, -0.2) is 7.12 Å². The van der Waals surface area contributed by atoms with Gasteiger partial charge in [0.1, 0.15) is 11.5 Å². The molecule has 0 aromatic heterocycles. The van der Waals surface area contributed by atoms with Crippen LogP contribution in [0.2, 0.25) is 0 Å². The van der Waals surface area contributed by atoms with E-state index in [1.165, 1.54) is 51.4 Å². The Bertz CT molecular complexity index is 406. The normalized spacial score (nSPS) is 13.3. The van der Waals surface area contributed by atoms with Crippen LogP contribution in [-0.2, 0) is 0 Å². The first kappa shape index (κ1) is 16.0. The summed E-state index contributed by atoms with van der Waals surface area (Å²) in [5.74, 6) is 3.72. The summed E-state index contributed by atoms with van der Waals surface area (Å²) < 4.78 is 11.4. The molecule has 2 rings (SSSR count). The Morgan fingerprint density at radius 1 is 0.857 bits per heavy atom. The maximum atomic E-state index is 5.68. The Morgan fingerprint density at radius 3 is 2.05 bits per heavy atom. The van der Waals surface area contributed by atoms with Gasteiger partial charge in [-0.25, -0.2) is 0 Å². The number of hydrogen-bond acceptors (Lipinski definition) is 2. The monoisotopic (exact) mass is 286 g/mol. The van der Waals surface area contributed by atoms with Crippen LogP contribution >= 0.6 is 0 Å². The van der Waals surface area contributed by atoms with E-state index in [1.807, 2.05) is 30.2 Å². The molecule has 0 saturated carbocycles. The maximum absolute atomic E-state index is 5.68. The molecule has 0 N–H and O–H groups in total. The molecule has 0 atom stereocenters. The van der Waals surface area contributed by atoms with Crippen molar-refractivity contribution in [1.29, 1.82) is 0 Å². The van der Waals surface area contributed by atoms with Gasteiger partial charge in [0.25, 0.3) is 0 Å². The zero-order chi connectivity index (χ0) is 14.8. The van der Waals surface area contributed by atoms with Gasteiger partial charge in [0.2, 0.25) is 0 Å². The molecular formula is C18H27BO2. The molecule has 3 heteroatoms. The highest BCUT2D eigenvalue weighted by Crippen LogP contribution is 2.32. The van der Waals surface area contributed by atoms with Crippen LogP contribution in [0.5, 0.6) is 11.5 Å². The average Bonchev–Trinajstić information content (AvgIpc) is 2.92. The molecule has 0 spiro atoms. The zero-order valence-electron chi connectivity index (χ0n) is 13.2. The summed E-state index contributed by atoms with van der Waals surface area (Å²) in [4.78, 5) is 0. The summed E-state index contributed by atoms with van der Waals surface area (Å²) in [6.07, 6.45) is 14.2. The molecule has 1 heterocycles. The Labute approximate surface area is 129 Å². The van der Waals surface area contributed by atoms with E-state index in [-0.39, 0.29) is 7.12 Å². The van der Waals surface area contributed by atoms with Gasteiger partial charge in [-0.2, -0.15) is 0 Å².